The van der Waals surface area contributed by atoms with Gasteiger partial charge in [0.05, 0.1) is 25.4 Å². The molecule has 1 rings (SSSR count). The Labute approximate surface area is 439 Å². The average molecular weight is 1020 g/mol. The highest BCUT2D eigenvalue weighted by Gasteiger charge is 2.47. The van der Waals surface area contributed by atoms with Crippen LogP contribution < -0.4 is 5.32 Å². The number of esters is 1. The Morgan fingerprint density at radius 1 is 0.542 bits per heavy atom. The van der Waals surface area contributed by atoms with Gasteiger partial charge in [-0.05, 0) is 89.9 Å². The van der Waals surface area contributed by atoms with Crippen molar-refractivity contribution in [3.63, 3.8) is 0 Å². The summed E-state index contributed by atoms with van der Waals surface area (Å²) >= 11 is 0. The topological polar surface area (TPSA) is 175 Å². The van der Waals surface area contributed by atoms with Crippen LogP contribution in [0.25, 0.3) is 0 Å². The second-order valence-corrected chi connectivity index (χ2v) is 20.4. The largest absolute Gasteiger partial charge is 0.454 e. The van der Waals surface area contributed by atoms with Gasteiger partial charge in [-0.25, -0.2) is 0 Å². The summed E-state index contributed by atoms with van der Waals surface area (Å²) in [6.45, 7) is 5.73. The number of rotatable bonds is 49. The standard InChI is InChI=1S/C61H109NO10/c1-4-7-10-13-16-19-22-25-27-28-30-33-36-39-42-45-48-54(65)60(69)62-52(53(64)47-44-41-38-35-32-29-24-21-18-15-12-9-6-3)51-70-61-59(58(68)57(67)55(50-63)71-61)72-56(66)49-46-43-40-37-34-31-26-23-20-17-14-11-8-5-2/h16,19,25,27,30-31,33-34,44,47,52-55,57-59,61,63-65,67-68H,4-15,17-18,20-24,26,28-29,32,35-43,45-46,48-51H2,1-3H3,(H,62,69)/b19-16-,27-25-,33-30-,34-31-,47-44+. The molecule has 0 radical (unpaired) electrons. The Balaban J connectivity index is 2.77. The van der Waals surface area contributed by atoms with Gasteiger partial charge in [-0.1, -0.05) is 216 Å². The maximum Gasteiger partial charge on any atom is 0.306 e. The fourth-order valence-corrected chi connectivity index (χ4v) is 8.89. The number of carbonyl (C=O) groups is 2. The monoisotopic (exact) mass is 1020 g/mol. The Bertz CT molecular complexity index is 1400. The van der Waals surface area contributed by atoms with Crippen molar-refractivity contribution in [2.45, 2.75) is 301 Å². The van der Waals surface area contributed by atoms with E-state index in [0.717, 1.165) is 83.5 Å². The maximum atomic E-state index is 13.4. The molecule has 1 amide bonds. The fraction of sp³-hybridized carbons (Fsp3) is 0.803. The number of allylic oxidation sites excluding steroid dienone is 9. The first-order chi connectivity index (χ1) is 35.2. The highest BCUT2D eigenvalue weighted by atomic mass is 16.7. The van der Waals surface area contributed by atoms with Gasteiger partial charge >= 0.3 is 5.97 Å². The predicted molar refractivity (Wildman–Crippen MR) is 296 cm³/mol. The van der Waals surface area contributed by atoms with Crippen LogP contribution >= 0.6 is 0 Å². The average Bonchev–Trinajstić information content (AvgIpc) is 3.38. The molecular formula is C61H109NO10. The number of carbonyl (C=O) groups excluding carboxylic acids is 2. The summed E-state index contributed by atoms with van der Waals surface area (Å²) in [4.78, 5) is 26.5. The van der Waals surface area contributed by atoms with Crippen LogP contribution in [-0.4, -0.2) is 99.6 Å². The number of ether oxygens (including phenoxy) is 3. The van der Waals surface area contributed by atoms with E-state index in [0.29, 0.717) is 12.8 Å². The lowest BCUT2D eigenvalue weighted by molar-refractivity contribution is -0.305. The maximum absolute atomic E-state index is 13.4. The van der Waals surface area contributed by atoms with E-state index in [9.17, 15) is 35.1 Å². The van der Waals surface area contributed by atoms with Crippen molar-refractivity contribution in [2.75, 3.05) is 13.2 Å². The van der Waals surface area contributed by atoms with Gasteiger partial charge in [0.15, 0.2) is 12.4 Å². The minimum absolute atomic E-state index is 0.0995. The second kappa shape index (κ2) is 49.2. The van der Waals surface area contributed by atoms with E-state index in [2.05, 4.69) is 74.7 Å². The lowest BCUT2D eigenvalue weighted by atomic mass is 9.99. The normalized spacial score (nSPS) is 19.9. The summed E-state index contributed by atoms with van der Waals surface area (Å²) in [5, 5.41) is 56.8. The van der Waals surface area contributed by atoms with Crippen molar-refractivity contribution in [3.05, 3.63) is 60.8 Å². The minimum atomic E-state index is -1.62. The fourth-order valence-electron chi connectivity index (χ4n) is 8.89. The molecule has 72 heavy (non-hydrogen) atoms. The van der Waals surface area contributed by atoms with Gasteiger partial charge < -0.3 is 45.1 Å². The number of hydrogen-bond acceptors (Lipinski definition) is 10. The number of aliphatic hydroxyl groups excluding tert-OH is 5. The van der Waals surface area contributed by atoms with E-state index < -0.39 is 67.4 Å². The molecular weight excluding hydrogens is 907 g/mol. The summed E-state index contributed by atoms with van der Waals surface area (Å²) in [6.07, 6.45) is 49.7. The highest BCUT2D eigenvalue weighted by molar-refractivity contribution is 5.80. The summed E-state index contributed by atoms with van der Waals surface area (Å²) in [5.41, 5.74) is 0. The number of nitrogens with one attached hydrogen (secondary N) is 1. The van der Waals surface area contributed by atoms with E-state index in [-0.39, 0.29) is 19.4 Å². The zero-order chi connectivity index (χ0) is 52.5. The van der Waals surface area contributed by atoms with Crippen LogP contribution in [0.1, 0.15) is 252 Å². The van der Waals surface area contributed by atoms with Gasteiger partial charge in [0.25, 0.3) is 0 Å². The predicted octanol–water partition coefficient (Wildman–Crippen LogP) is 13.4. The zero-order valence-corrected chi connectivity index (χ0v) is 46.0. The van der Waals surface area contributed by atoms with Gasteiger partial charge in [0, 0.05) is 6.42 Å². The summed E-state index contributed by atoms with van der Waals surface area (Å²) in [7, 11) is 0. The van der Waals surface area contributed by atoms with Gasteiger partial charge in [-0.15, -0.1) is 0 Å². The third kappa shape index (κ3) is 37.1. The minimum Gasteiger partial charge on any atom is -0.454 e. The van der Waals surface area contributed by atoms with Crippen LogP contribution in [0.4, 0.5) is 0 Å². The van der Waals surface area contributed by atoms with Crippen LogP contribution in [0, 0.1) is 0 Å². The van der Waals surface area contributed by atoms with Crippen LogP contribution in [0.5, 0.6) is 0 Å². The molecule has 0 spiro atoms. The number of amides is 1. The molecule has 1 saturated heterocycles. The molecule has 6 N–H and O–H groups in total. The Morgan fingerprint density at radius 3 is 1.47 bits per heavy atom. The van der Waals surface area contributed by atoms with Gasteiger partial charge in [-0.3, -0.25) is 9.59 Å². The Morgan fingerprint density at radius 2 is 0.958 bits per heavy atom. The molecule has 11 nitrogen and oxygen atoms in total. The van der Waals surface area contributed by atoms with Crippen molar-refractivity contribution in [1.82, 2.24) is 5.32 Å². The van der Waals surface area contributed by atoms with Gasteiger partial charge in [0.1, 0.15) is 24.4 Å². The van der Waals surface area contributed by atoms with Crippen molar-refractivity contribution in [1.29, 1.82) is 0 Å². The van der Waals surface area contributed by atoms with Crippen molar-refractivity contribution >= 4 is 11.9 Å². The van der Waals surface area contributed by atoms with Crippen molar-refractivity contribution in [3.8, 4) is 0 Å². The first-order valence-electron chi connectivity index (χ1n) is 29.6. The van der Waals surface area contributed by atoms with Crippen molar-refractivity contribution < 1.29 is 49.3 Å². The highest BCUT2D eigenvalue weighted by Crippen LogP contribution is 2.26. The number of unbranched alkanes of at least 4 members (excludes halogenated alkanes) is 27. The summed E-state index contributed by atoms with van der Waals surface area (Å²) in [5.74, 6) is -1.23. The van der Waals surface area contributed by atoms with Crippen LogP contribution in [0.2, 0.25) is 0 Å². The third-order valence-electron chi connectivity index (χ3n) is 13.6. The molecule has 0 bridgehead atoms. The zero-order valence-electron chi connectivity index (χ0n) is 46.0. The van der Waals surface area contributed by atoms with Gasteiger partial charge in [0.2, 0.25) is 5.91 Å². The number of aliphatic hydroxyl groups is 5. The first kappa shape index (κ1) is 67.4. The SMILES string of the molecule is CCCCC/C=C\C/C=C\C/C=C\CCCCCC(O)C(=O)NC(COC1OC(CO)C(O)C(O)C1OC(=O)CCCCC/C=C\CCCCCCCCC)C(O)/C=C/CCCCCCCCCCCCC. The Hall–Kier alpha value is -2.64. The van der Waals surface area contributed by atoms with E-state index in [1.165, 1.54) is 122 Å². The molecule has 1 fully saturated rings. The molecule has 1 heterocycles. The molecule has 1 aliphatic rings. The molecule has 11 heteroatoms. The van der Waals surface area contributed by atoms with E-state index in [1.54, 1.807) is 6.08 Å². The summed E-state index contributed by atoms with van der Waals surface area (Å²) in [6, 6.07) is -1.04. The molecule has 8 atom stereocenters. The molecule has 0 aromatic rings. The molecule has 1 aliphatic heterocycles. The molecule has 8 unspecified atom stereocenters. The van der Waals surface area contributed by atoms with E-state index in [4.69, 9.17) is 14.2 Å². The van der Waals surface area contributed by atoms with Crippen LogP contribution in [0.15, 0.2) is 60.8 Å². The molecule has 0 aliphatic carbocycles. The third-order valence-corrected chi connectivity index (χ3v) is 13.6. The summed E-state index contributed by atoms with van der Waals surface area (Å²) < 4.78 is 17.6. The molecule has 0 aromatic heterocycles. The molecule has 418 valence electrons. The van der Waals surface area contributed by atoms with Crippen molar-refractivity contribution in [2.24, 2.45) is 0 Å². The van der Waals surface area contributed by atoms with E-state index in [1.807, 2.05) is 6.08 Å². The lowest BCUT2D eigenvalue weighted by Gasteiger charge is -2.41. The molecule has 0 saturated carbocycles. The second-order valence-electron chi connectivity index (χ2n) is 20.4. The van der Waals surface area contributed by atoms with Gasteiger partial charge in [-0.2, -0.15) is 0 Å². The smallest absolute Gasteiger partial charge is 0.306 e. The number of hydrogen-bond donors (Lipinski definition) is 6. The van der Waals surface area contributed by atoms with Crippen LogP contribution in [0.3, 0.4) is 0 Å². The van der Waals surface area contributed by atoms with E-state index >= 15 is 0 Å². The molecule has 0 aromatic carbocycles. The first-order valence-corrected chi connectivity index (χ1v) is 29.6. The Kier molecular flexibility index (Phi) is 46.1. The quantitative estimate of drug-likeness (QED) is 0.0195. The lowest BCUT2D eigenvalue weighted by Crippen LogP contribution is -2.61. The van der Waals surface area contributed by atoms with Crippen LogP contribution in [-0.2, 0) is 23.8 Å².